The summed E-state index contributed by atoms with van der Waals surface area (Å²) in [6, 6.07) is 9.78. The average molecular weight is 452 g/mol. The molecule has 0 radical (unpaired) electrons. The third-order valence-electron chi connectivity index (χ3n) is 6.53. The summed E-state index contributed by atoms with van der Waals surface area (Å²) in [5.41, 5.74) is 1.21. The fourth-order valence-corrected chi connectivity index (χ4v) is 4.62. The Morgan fingerprint density at radius 2 is 1.79 bits per heavy atom. The van der Waals surface area contributed by atoms with Gasteiger partial charge in [-0.2, -0.15) is 0 Å². The van der Waals surface area contributed by atoms with Gasteiger partial charge in [0.25, 0.3) is 11.6 Å². The van der Waals surface area contributed by atoms with Crippen LogP contribution in [-0.2, 0) is 4.79 Å². The van der Waals surface area contributed by atoms with E-state index in [-0.39, 0.29) is 35.0 Å². The molecule has 1 atom stereocenters. The number of nitro benzene ring substituents is 1. The maximum absolute atomic E-state index is 13.0. The molecule has 2 aliphatic rings. The molecule has 4 rings (SSSR count). The number of hydrogen-bond donors (Lipinski definition) is 1. The van der Waals surface area contributed by atoms with Gasteiger partial charge >= 0.3 is 0 Å². The van der Waals surface area contributed by atoms with Crippen LogP contribution in [0.5, 0.6) is 0 Å². The maximum Gasteiger partial charge on any atom is 0.293 e. The number of piperazine rings is 1. The Kier molecular flexibility index (Phi) is 6.86. The van der Waals surface area contributed by atoms with E-state index in [1.807, 2.05) is 30.0 Å². The molecule has 0 spiro atoms. The van der Waals surface area contributed by atoms with Gasteiger partial charge in [-0.3, -0.25) is 24.7 Å². The first-order valence-corrected chi connectivity index (χ1v) is 11.5. The average Bonchev–Trinajstić information content (AvgIpc) is 3.39. The molecular weight excluding hydrogens is 422 g/mol. The minimum atomic E-state index is -0.484. The van der Waals surface area contributed by atoms with Crippen molar-refractivity contribution in [1.82, 2.24) is 14.8 Å². The summed E-state index contributed by atoms with van der Waals surface area (Å²) in [6.07, 6.45) is 5.81. The van der Waals surface area contributed by atoms with E-state index in [0.717, 1.165) is 31.4 Å². The molecule has 2 fully saturated rings. The van der Waals surface area contributed by atoms with Crippen molar-refractivity contribution in [2.24, 2.45) is 5.92 Å². The van der Waals surface area contributed by atoms with E-state index in [2.05, 4.69) is 10.3 Å². The second kappa shape index (κ2) is 9.97. The Morgan fingerprint density at radius 3 is 2.42 bits per heavy atom. The van der Waals surface area contributed by atoms with Crippen molar-refractivity contribution in [3.63, 3.8) is 0 Å². The first-order valence-electron chi connectivity index (χ1n) is 11.5. The minimum absolute atomic E-state index is 0.128. The Morgan fingerprint density at radius 1 is 1.09 bits per heavy atom. The first-order chi connectivity index (χ1) is 15.9. The molecular formula is C24H29N5O4. The number of nitro groups is 1. The van der Waals surface area contributed by atoms with Gasteiger partial charge in [0, 0.05) is 49.9 Å². The lowest BCUT2D eigenvalue weighted by Gasteiger charge is -2.36. The molecule has 2 amide bonds. The molecule has 1 aromatic heterocycles. The number of pyridine rings is 1. The fourth-order valence-electron chi connectivity index (χ4n) is 4.62. The van der Waals surface area contributed by atoms with E-state index >= 15 is 0 Å². The van der Waals surface area contributed by atoms with Gasteiger partial charge < -0.3 is 15.1 Å². The lowest BCUT2D eigenvalue weighted by Crippen LogP contribution is -2.51. The van der Waals surface area contributed by atoms with Crippen LogP contribution in [0.4, 0.5) is 11.4 Å². The Bertz CT molecular complexity index is 1010. The monoisotopic (exact) mass is 451 g/mol. The number of hydrogen-bond acceptors (Lipinski definition) is 6. The zero-order chi connectivity index (χ0) is 23.4. The largest absolute Gasteiger partial charge is 0.371 e. The van der Waals surface area contributed by atoms with E-state index in [0.29, 0.717) is 31.9 Å². The molecule has 0 bridgehead atoms. The molecule has 33 heavy (non-hydrogen) atoms. The Hall–Kier alpha value is -3.49. The highest BCUT2D eigenvalue weighted by Gasteiger charge is 2.31. The number of carbonyl (C=O) groups excluding carboxylic acids is 2. The highest BCUT2D eigenvalue weighted by molar-refractivity contribution is 5.96. The first kappa shape index (κ1) is 22.7. The Labute approximate surface area is 192 Å². The Balaban J connectivity index is 1.42. The van der Waals surface area contributed by atoms with Crippen LogP contribution in [0, 0.1) is 16.0 Å². The second-order valence-electron chi connectivity index (χ2n) is 8.71. The number of rotatable bonds is 6. The highest BCUT2D eigenvalue weighted by atomic mass is 16.6. The normalized spacial score (nSPS) is 17.6. The van der Waals surface area contributed by atoms with Gasteiger partial charge in [-0.1, -0.05) is 18.9 Å². The zero-order valence-corrected chi connectivity index (χ0v) is 18.8. The van der Waals surface area contributed by atoms with Crippen LogP contribution >= 0.6 is 0 Å². The maximum atomic E-state index is 13.0. The van der Waals surface area contributed by atoms with Gasteiger partial charge in [0.05, 0.1) is 16.7 Å². The minimum Gasteiger partial charge on any atom is -0.371 e. The lowest BCUT2D eigenvalue weighted by atomic mass is 10.1. The van der Waals surface area contributed by atoms with Crippen molar-refractivity contribution in [3.05, 3.63) is 64.0 Å². The summed E-state index contributed by atoms with van der Waals surface area (Å²) < 4.78 is 0. The van der Waals surface area contributed by atoms with E-state index in [1.54, 1.807) is 23.2 Å². The molecule has 2 aromatic rings. The van der Waals surface area contributed by atoms with E-state index in [9.17, 15) is 19.7 Å². The van der Waals surface area contributed by atoms with Crippen LogP contribution in [0.25, 0.3) is 0 Å². The van der Waals surface area contributed by atoms with Gasteiger partial charge in [0.1, 0.15) is 5.69 Å². The molecule has 9 heteroatoms. The summed E-state index contributed by atoms with van der Waals surface area (Å²) in [5, 5.41) is 14.8. The fraction of sp³-hybridized carbons (Fsp3) is 0.458. The zero-order valence-electron chi connectivity index (χ0n) is 18.8. The topological polar surface area (TPSA) is 109 Å². The molecule has 2 heterocycles. The van der Waals surface area contributed by atoms with Crippen molar-refractivity contribution in [2.75, 3.05) is 31.5 Å². The smallest absolute Gasteiger partial charge is 0.293 e. The molecule has 174 valence electrons. The van der Waals surface area contributed by atoms with Crippen LogP contribution < -0.4 is 5.32 Å². The van der Waals surface area contributed by atoms with Crippen molar-refractivity contribution < 1.29 is 14.5 Å². The van der Waals surface area contributed by atoms with Gasteiger partial charge in [-0.05, 0) is 44.0 Å². The number of benzene rings is 1. The van der Waals surface area contributed by atoms with Gasteiger partial charge in [-0.25, -0.2) is 0 Å². The number of nitrogens with zero attached hydrogens (tertiary/aromatic N) is 4. The van der Waals surface area contributed by atoms with Crippen molar-refractivity contribution in [3.8, 4) is 0 Å². The third-order valence-corrected chi connectivity index (χ3v) is 6.53. The lowest BCUT2D eigenvalue weighted by molar-refractivity contribution is -0.384. The molecule has 1 saturated carbocycles. The van der Waals surface area contributed by atoms with Crippen LogP contribution in [0.2, 0.25) is 0 Å². The molecule has 1 aliphatic heterocycles. The van der Waals surface area contributed by atoms with Crippen LogP contribution in [-0.4, -0.2) is 57.7 Å². The standard InChI is InChI=1S/C24H29N5O4/c1-17(20-8-4-5-11-25-20)26-21-10-9-19(16-22(21)29(32)33)24(31)28-14-12-27(13-15-28)23(30)18-6-2-3-7-18/h4-5,8-11,16-18,26H,2-3,6-7,12-15H2,1H3. The molecule has 9 nitrogen and oxygen atoms in total. The third kappa shape index (κ3) is 5.13. The highest BCUT2D eigenvalue weighted by Crippen LogP contribution is 2.30. The molecule has 1 N–H and O–H groups in total. The number of carbonyl (C=O) groups is 2. The molecule has 1 unspecified atom stereocenters. The summed E-state index contributed by atoms with van der Waals surface area (Å²) in [7, 11) is 0. The van der Waals surface area contributed by atoms with Crippen LogP contribution in [0.15, 0.2) is 42.6 Å². The van der Waals surface area contributed by atoms with Crippen molar-refractivity contribution in [1.29, 1.82) is 0 Å². The summed E-state index contributed by atoms with van der Waals surface area (Å²) >= 11 is 0. The number of amides is 2. The second-order valence-corrected chi connectivity index (χ2v) is 8.71. The van der Waals surface area contributed by atoms with Crippen LogP contribution in [0.1, 0.15) is 54.7 Å². The van der Waals surface area contributed by atoms with E-state index in [1.165, 1.54) is 6.07 Å². The SMILES string of the molecule is CC(Nc1ccc(C(=O)N2CCN(C(=O)C3CCCC3)CC2)cc1[N+](=O)[O-])c1ccccn1. The summed E-state index contributed by atoms with van der Waals surface area (Å²) in [4.78, 5) is 44.7. The van der Waals surface area contributed by atoms with Gasteiger partial charge in [0.15, 0.2) is 0 Å². The number of nitrogens with one attached hydrogen (secondary N) is 1. The predicted molar refractivity (Wildman–Crippen MR) is 124 cm³/mol. The molecule has 1 saturated heterocycles. The summed E-state index contributed by atoms with van der Waals surface area (Å²) in [6.45, 7) is 3.75. The van der Waals surface area contributed by atoms with Crippen molar-refractivity contribution >= 4 is 23.2 Å². The predicted octanol–water partition coefficient (Wildman–Crippen LogP) is 3.64. The number of aromatic nitrogens is 1. The number of anilines is 1. The molecule has 1 aromatic carbocycles. The van der Waals surface area contributed by atoms with E-state index < -0.39 is 4.92 Å². The quantitative estimate of drug-likeness (QED) is 0.531. The van der Waals surface area contributed by atoms with E-state index in [4.69, 9.17) is 0 Å². The van der Waals surface area contributed by atoms with Gasteiger partial charge in [0.2, 0.25) is 5.91 Å². The molecule has 1 aliphatic carbocycles. The van der Waals surface area contributed by atoms with Gasteiger partial charge in [-0.15, -0.1) is 0 Å². The van der Waals surface area contributed by atoms with Crippen molar-refractivity contribution in [2.45, 2.75) is 38.6 Å². The van der Waals surface area contributed by atoms with Crippen LogP contribution in [0.3, 0.4) is 0 Å². The summed E-state index contributed by atoms with van der Waals surface area (Å²) in [5.74, 6) is 0.0755.